The van der Waals surface area contributed by atoms with Gasteiger partial charge in [-0.3, -0.25) is 0 Å². The van der Waals surface area contributed by atoms with Crippen LogP contribution in [0.2, 0.25) is 0 Å². The van der Waals surface area contributed by atoms with Gasteiger partial charge < -0.3 is 10.1 Å². The average Bonchev–Trinajstić information content (AvgIpc) is 2.27. The van der Waals surface area contributed by atoms with Gasteiger partial charge >= 0.3 is 0 Å². The lowest BCUT2D eigenvalue weighted by atomic mass is 9.73. The highest BCUT2D eigenvalue weighted by atomic mass is 19.1. The van der Waals surface area contributed by atoms with Crippen molar-refractivity contribution in [3.05, 3.63) is 35.6 Å². The maximum absolute atomic E-state index is 13.2. The minimum absolute atomic E-state index is 0.0792. The molecule has 1 aromatic carbocycles. The van der Waals surface area contributed by atoms with Gasteiger partial charge in [0.15, 0.2) is 0 Å². The molecule has 1 aliphatic heterocycles. The first-order valence-electron chi connectivity index (χ1n) is 6.31. The number of benzene rings is 1. The van der Waals surface area contributed by atoms with Gasteiger partial charge in [-0.15, -0.1) is 0 Å². The maximum atomic E-state index is 13.2. The van der Waals surface area contributed by atoms with Crippen molar-refractivity contribution in [1.29, 1.82) is 0 Å². The highest BCUT2D eigenvalue weighted by Crippen LogP contribution is 2.32. The summed E-state index contributed by atoms with van der Waals surface area (Å²) in [6, 6.07) is 6.96. The Kier molecular flexibility index (Phi) is 4.13. The van der Waals surface area contributed by atoms with Gasteiger partial charge in [0.05, 0.1) is 0 Å². The normalized spacial score (nSPS) is 17.8. The number of hydrogen-bond acceptors (Lipinski definition) is 2. The molecule has 0 saturated carbocycles. The summed E-state index contributed by atoms with van der Waals surface area (Å²) < 4.78 is 18.8. The molecule has 17 heavy (non-hydrogen) atoms. The fraction of sp³-hybridized carbons (Fsp3) is 0.571. The predicted octanol–water partition coefficient (Wildman–Crippen LogP) is 2.48. The molecular weight excluding hydrogens is 217 g/mol. The van der Waals surface area contributed by atoms with Gasteiger partial charge in [0, 0.05) is 31.7 Å². The van der Waals surface area contributed by atoms with E-state index in [1.165, 1.54) is 6.07 Å². The summed E-state index contributed by atoms with van der Waals surface area (Å²) in [5, 5.41) is 3.28. The van der Waals surface area contributed by atoms with Gasteiger partial charge in [0.1, 0.15) is 5.82 Å². The summed E-state index contributed by atoms with van der Waals surface area (Å²) in [6.45, 7) is 5.52. The van der Waals surface area contributed by atoms with Crippen molar-refractivity contribution < 1.29 is 9.13 Å². The van der Waals surface area contributed by atoms with E-state index in [0.29, 0.717) is 0 Å². The van der Waals surface area contributed by atoms with Crippen LogP contribution in [0.1, 0.15) is 25.3 Å². The van der Waals surface area contributed by atoms with E-state index >= 15 is 0 Å². The van der Waals surface area contributed by atoms with Crippen molar-refractivity contribution in [3.8, 4) is 0 Å². The smallest absolute Gasteiger partial charge is 0.123 e. The van der Waals surface area contributed by atoms with Gasteiger partial charge in [-0.1, -0.05) is 19.1 Å². The molecule has 1 fully saturated rings. The van der Waals surface area contributed by atoms with Gasteiger partial charge in [0.2, 0.25) is 0 Å². The zero-order chi connectivity index (χ0) is 12.1. The van der Waals surface area contributed by atoms with E-state index in [4.69, 9.17) is 4.74 Å². The molecule has 1 heterocycles. The largest absolute Gasteiger partial charge is 0.381 e. The minimum atomic E-state index is -0.150. The van der Waals surface area contributed by atoms with Crippen LogP contribution < -0.4 is 5.32 Å². The summed E-state index contributed by atoms with van der Waals surface area (Å²) in [5.41, 5.74) is 1.17. The van der Waals surface area contributed by atoms with Crippen LogP contribution in [0.3, 0.4) is 0 Å². The summed E-state index contributed by atoms with van der Waals surface area (Å²) in [5.74, 6) is -0.150. The van der Waals surface area contributed by atoms with Crippen LogP contribution in [0, 0.1) is 5.82 Å². The number of halogens is 1. The molecule has 1 aromatic rings. The van der Waals surface area contributed by atoms with E-state index in [2.05, 4.69) is 12.2 Å². The molecular formula is C14H20FNO. The molecule has 2 rings (SSSR count). The summed E-state index contributed by atoms with van der Waals surface area (Å²) in [6.07, 6.45) is 2.01. The molecule has 0 bridgehead atoms. The van der Waals surface area contributed by atoms with Crippen molar-refractivity contribution in [3.63, 3.8) is 0 Å². The molecule has 0 aliphatic carbocycles. The molecule has 2 nitrogen and oxygen atoms in total. The molecule has 0 amide bonds. The molecule has 1 saturated heterocycles. The summed E-state index contributed by atoms with van der Waals surface area (Å²) in [7, 11) is 0. The molecule has 1 aliphatic rings. The first-order chi connectivity index (χ1) is 8.27. The van der Waals surface area contributed by atoms with Crippen LogP contribution in [0.4, 0.5) is 4.39 Å². The van der Waals surface area contributed by atoms with Crippen molar-refractivity contribution >= 4 is 0 Å². The fourth-order valence-corrected chi connectivity index (χ4v) is 2.28. The average molecular weight is 237 g/mol. The van der Waals surface area contributed by atoms with Crippen LogP contribution in [-0.4, -0.2) is 26.3 Å². The van der Waals surface area contributed by atoms with Crippen LogP contribution in [0.5, 0.6) is 0 Å². The number of nitrogens with one attached hydrogen (secondary N) is 1. The second kappa shape index (κ2) is 5.61. The lowest BCUT2D eigenvalue weighted by Crippen LogP contribution is -2.57. The second-order valence-corrected chi connectivity index (χ2v) is 4.76. The molecule has 0 unspecified atom stereocenters. The number of hydrogen-bond donors (Lipinski definition) is 1. The Labute approximate surface area is 102 Å². The van der Waals surface area contributed by atoms with E-state index in [1.807, 2.05) is 6.07 Å². The van der Waals surface area contributed by atoms with Gasteiger partial charge in [-0.25, -0.2) is 4.39 Å². The van der Waals surface area contributed by atoms with Crippen molar-refractivity contribution in [2.45, 2.75) is 25.2 Å². The Morgan fingerprint density at radius 3 is 2.76 bits per heavy atom. The second-order valence-electron chi connectivity index (χ2n) is 4.76. The SMILES string of the molecule is CCCOCCC1(c2cccc(F)c2)CNC1. The van der Waals surface area contributed by atoms with Crippen molar-refractivity contribution in [2.24, 2.45) is 0 Å². The van der Waals surface area contributed by atoms with E-state index in [9.17, 15) is 4.39 Å². The first kappa shape index (κ1) is 12.5. The monoisotopic (exact) mass is 237 g/mol. The molecule has 0 spiro atoms. The Hall–Kier alpha value is -0.930. The standard InChI is InChI=1S/C14H20FNO/c1-2-7-17-8-6-14(10-16-11-14)12-4-3-5-13(15)9-12/h3-5,9,16H,2,6-8,10-11H2,1H3. The van der Waals surface area contributed by atoms with Gasteiger partial charge in [-0.05, 0) is 30.5 Å². The molecule has 94 valence electrons. The molecule has 1 N–H and O–H groups in total. The minimum Gasteiger partial charge on any atom is -0.381 e. The third-order valence-corrected chi connectivity index (χ3v) is 3.44. The Balaban J connectivity index is 1.99. The Morgan fingerprint density at radius 1 is 1.35 bits per heavy atom. The van der Waals surface area contributed by atoms with E-state index < -0.39 is 0 Å². The van der Waals surface area contributed by atoms with Crippen LogP contribution in [0.25, 0.3) is 0 Å². The lowest BCUT2D eigenvalue weighted by molar-refractivity contribution is 0.0996. The zero-order valence-electron chi connectivity index (χ0n) is 10.3. The van der Waals surface area contributed by atoms with E-state index in [0.717, 1.165) is 44.7 Å². The maximum Gasteiger partial charge on any atom is 0.123 e. The molecule has 3 heteroatoms. The molecule has 0 aromatic heterocycles. The topological polar surface area (TPSA) is 21.3 Å². The van der Waals surface area contributed by atoms with Crippen LogP contribution >= 0.6 is 0 Å². The summed E-state index contributed by atoms with van der Waals surface area (Å²) >= 11 is 0. The molecule has 0 atom stereocenters. The first-order valence-corrected chi connectivity index (χ1v) is 6.31. The van der Waals surface area contributed by atoms with Gasteiger partial charge in [0.25, 0.3) is 0 Å². The highest BCUT2D eigenvalue weighted by Gasteiger charge is 2.38. The van der Waals surface area contributed by atoms with Crippen LogP contribution in [-0.2, 0) is 10.2 Å². The summed E-state index contributed by atoms with van der Waals surface area (Å²) in [4.78, 5) is 0. The fourth-order valence-electron chi connectivity index (χ4n) is 2.28. The Morgan fingerprint density at radius 2 is 2.18 bits per heavy atom. The lowest BCUT2D eigenvalue weighted by Gasteiger charge is -2.43. The van der Waals surface area contributed by atoms with Gasteiger partial charge in [-0.2, -0.15) is 0 Å². The van der Waals surface area contributed by atoms with Crippen molar-refractivity contribution in [2.75, 3.05) is 26.3 Å². The van der Waals surface area contributed by atoms with Crippen LogP contribution in [0.15, 0.2) is 24.3 Å². The van der Waals surface area contributed by atoms with Crippen molar-refractivity contribution in [1.82, 2.24) is 5.32 Å². The van der Waals surface area contributed by atoms with E-state index in [-0.39, 0.29) is 11.2 Å². The third-order valence-electron chi connectivity index (χ3n) is 3.44. The quantitative estimate of drug-likeness (QED) is 0.767. The number of ether oxygens (including phenoxy) is 1. The Bertz CT molecular complexity index is 363. The predicted molar refractivity (Wildman–Crippen MR) is 66.7 cm³/mol. The van der Waals surface area contributed by atoms with E-state index in [1.54, 1.807) is 12.1 Å². The zero-order valence-corrected chi connectivity index (χ0v) is 10.3. The highest BCUT2D eigenvalue weighted by molar-refractivity contribution is 5.30. The molecule has 0 radical (unpaired) electrons. The third kappa shape index (κ3) is 2.85. The number of rotatable bonds is 6.